The molecule has 0 saturated heterocycles. The molecule has 4 nitrogen and oxygen atoms in total. The number of ether oxygens (including phenoxy) is 2. The smallest absolute Gasteiger partial charge is 0.176 e. The molecule has 90 valence electrons. The number of methoxy groups -OCH3 is 2. The highest BCUT2D eigenvalue weighted by Crippen LogP contribution is 2.24. The van der Waals surface area contributed by atoms with Crippen LogP contribution in [0.5, 0.6) is 0 Å². The van der Waals surface area contributed by atoms with E-state index >= 15 is 0 Å². The molecule has 0 fully saturated rings. The van der Waals surface area contributed by atoms with Gasteiger partial charge in [-0.2, -0.15) is 0 Å². The zero-order valence-electron chi connectivity index (χ0n) is 9.96. The molecule has 4 heteroatoms. The van der Waals surface area contributed by atoms with E-state index in [0.717, 1.165) is 16.3 Å². The van der Waals surface area contributed by atoms with Crippen molar-refractivity contribution in [1.82, 2.24) is 4.98 Å². The molecule has 0 aliphatic carbocycles. The zero-order chi connectivity index (χ0) is 12.3. The van der Waals surface area contributed by atoms with E-state index in [1.807, 2.05) is 30.5 Å². The van der Waals surface area contributed by atoms with Crippen molar-refractivity contribution in [2.24, 2.45) is 5.73 Å². The number of aromatic nitrogens is 1. The van der Waals surface area contributed by atoms with Gasteiger partial charge in [0, 0.05) is 37.6 Å². The van der Waals surface area contributed by atoms with Crippen LogP contribution in [0.25, 0.3) is 10.8 Å². The van der Waals surface area contributed by atoms with E-state index in [4.69, 9.17) is 15.2 Å². The van der Waals surface area contributed by atoms with Crippen LogP contribution in [0.15, 0.2) is 36.7 Å². The number of nitrogens with zero attached hydrogens (tertiary/aromatic N) is 1. The molecule has 1 aromatic heterocycles. The molecule has 0 amide bonds. The first-order chi connectivity index (χ1) is 8.27. The summed E-state index contributed by atoms with van der Waals surface area (Å²) in [6, 6.07) is 7.63. The van der Waals surface area contributed by atoms with E-state index in [0.29, 0.717) is 0 Å². The molecule has 2 rings (SSSR count). The number of hydrogen-bond acceptors (Lipinski definition) is 4. The number of fused-ring (bicyclic) bond motifs is 1. The average molecular weight is 232 g/mol. The minimum absolute atomic E-state index is 0.358. The van der Waals surface area contributed by atoms with Gasteiger partial charge in [0.25, 0.3) is 0 Å². The Morgan fingerprint density at radius 1 is 1.12 bits per heavy atom. The molecule has 0 aliphatic heterocycles. The third kappa shape index (κ3) is 2.29. The third-order valence-corrected chi connectivity index (χ3v) is 2.82. The molecule has 1 heterocycles. The predicted molar refractivity (Wildman–Crippen MR) is 66.5 cm³/mol. The Hall–Kier alpha value is -1.49. The van der Waals surface area contributed by atoms with Gasteiger partial charge >= 0.3 is 0 Å². The maximum Gasteiger partial charge on any atom is 0.176 e. The molecule has 17 heavy (non-hydrogen) atoms. The van der Waals surface area contributed by atoms with Crippen molar-refractivity contribution in [3.8, 4) is 0 Å². The number of benzene rings is 1. The molecule has 0 radical (unpaired) electrons. The fourth-order valence-corrected chi connectivity index (χ4v) is 1.94. The number of hydrogen-bond donors (Lipinski definition) is 1. The largest absolute Gasteiger partial charge is 0.354 e. The Morgan fingerprint density at radius 2 is 1.82 bits per heavy atom. The molecular weight excluding hydrogens is 216 g/mol. The van der Waals surface area contributed by atoms with Crippen molar-refractivity contribution in [3.05, 3.63) is 42.2 Å². The van der Waals surface area contributed by atoms with Gasteiger partial charge in [0.2, 0.25) is 0 Å². The van der Waals surface area contributed by atoms with E-state index in [-0.39, 0.29) is 6.04 Å². The lowest BCUT2D eigenvalue weighted by atomic mass is 10.0. The van der Waals surface area contributed by atoms with Crippen molar-refractivity contribution in [2.75, 3.05) is 14.2 Å². The van der Waals surface area contributed by atoms with E-state index in [1.165, 1.54) is 0 Å². The summed E-state index contributed by atoms with van der Waals surface area (Å²) in [5.41, 5.74) is 7.06. The van der Waals surface area contributed by atoms with Gasteiger partial charge in [0.15, 0.2) is 6.29 Å². The summed E-state index contributed by atoms with van der Waals surface area (Å²) >= 11 is 0. The Bertz CT molecular complexity index is 492. The van der Waals surface area contributed by atoms with Crippen molar-refractivity contribution in [2.45, 2.75) is 12.3 Å². The summed E-state index contributed by atoms with van der Waals surface area (Å²) in [5.74, 6) is 0. The van der Waals surface area contributed by atoms with Crippen LogP contribution in [-0.4, -0.2) is 25.5 Å². The quantitative estimate of drug-likeness (QED) is 0.817. The van der Waals surface area contributed by atoms with Crippen LogP contribution in [0.3, 0.4) is 0 Å². The van der Waals surface area contributed by atoms with Gasteiger partial charge in [0.1, 0.15) is 0 Å². The van der Waals surface area contributed by atoms with Gasteiger partial charge in [-0.05, 0) is 5.39 Å². The van der Waals surface area contributed by atoms with Gasteiger partial charge < -0.3 is 15.2 Å². The lowest BCUT2D eigenvalue weighted by Gasteiger charge is -2.22. The maximum atomic E-state index is 6.14. The maximum absolute atomic E-state index is 6.14. The minimum atomic E-state index is -0.470. The van der Waals surface area contributed by atoms with Gasteiger partial charge in [0.05, 0.1) is 6.04 Å². The number of rotatable bonds is 4. The Labute approximate surface area is 100 Å². The summed E-state index contributed by atoms with van der Waals surface area (Å²) in [6.45, 7) is 0. The SMILES string of the molecule is COC(OC)C(N)c1cncc2ccccc12. The molecule has 0 bridgehead atoms. The van der Waals surface area contributed by atoms with Crippen LogP contribution < -0.4 is 5.73 Å². The molecule has 2 N–H and O–H groups in total. The minimum Gasteiger partial charge on any atom is -0.354 e. The highest BCUT2D eigenvalue weighted by molar-refractivity contribution is 5.85. The van der Waals surface area contributed by atoms with Gasteiger partial charge in [-0.1, -0.05) is 24.3 Å². The Balaban J connectivity index is 2.47. The van der Waals surface area contributed by atoms with E-state index < -0.39 is 6.29 Å². The van der Waals surface area contributed by atoms with E-state index in [9.17, 15) is 0 Å². The van der Waals surface area contributed by atoms with E-state index in [2.05, 4.69) is 4.98 Å². The van der Waals surface area contributed by atoms with Gasteiger partial charge in [-0.15, -0.1) is 0 Å². The molecule has 1 aromatic carbocycles. The Morgan fingerprint density at radius 3 is 2.53 bits per heavy atom. The molecule has 1 unspecified atom stereocenters. The highest BCUT2D eigenvalue weighted by Gasteiger charge is 2.20. The normalized spacial score (nSPS) is 13.2. The first-order valence-electron chi connectivity index (χ1n) is 5.41. The molecular formula is C13H16N2O2. The van der Waals surface area contributed by atoms with Crippen molar-refractivity contribution >= 4 is 10.8 Å². The summed E-state index contributed by atoms with van der Waals surface area (Å²) in [5, 5.41) is 2.14. The zero-order valence-corrected chi connectivity index (χ0v) is 9.96. The monoisotopic (exact) mass is 232 g/mol. The summed E-state index contributed by atoms with van der Waals surface area (Å²) in [7, 11) is 3.15. The van der Waals surface area contributed by atoms with Crippen LogP contribution in [0.1, 0.15) is 11.6 Å². The molecule has 0 aliphatic rings. The number of pyridine rings is 1. The van der Waals surface area contributed by atoms with Gasteiger partial charge in [-0.3, -0.25) is 4.98 Å². The molecule has 0 spiro atoms. The molecule has 1 atom stereocenters. The summed E-state index contributed by atoms with van der Waals surface area (Å²) in [6.07, 6.45) is 3.11. The fourth-order valence-electron chi connectivity index (χ4n) is 1.94. The highest BCUT2D eigenvalue weighted by atomic mass is 16.7. The number of nitrogens with two attached hydrogens (primary N) is 1. The topological polar surface area (TPSA) is 57.4 Å². The van der Waals surface area contributed by atoms with Crippen molar-refractivity contribution in [1.29, 1.82) is 0 Å². The second-order valence-electron chi connectivity index (χ2n) is 3.82. The van der Waals surface area contributed by atoms with Crippen LogP contribution >= 0.6 is 0 Å². The van der Waals surface area contributed by atoms with Gasteiger partial charge in [-0.25, -0.2) is 0 Å². The second-order valence-corrected chi connectivity index (χ2v) is 3.82. The second kappa shape index (κ2) is 5.23. The van der Waals surface area contributed by atoms with Crippen LogP contribution in [0.4, 0.5) is 0 Å². The van der Waals surface area contributed by atoms with Crippen molar-refractivity contribution in [3.63, 3.8) is 0 Å². The summed E-state index contributed by atoms with van der Waals surface area (Å²) < 4.78 is 10.4. The van der Waals surface area contributed by atoms with Crippen molar-refractivity contribution < 1.29 is 9.47 Å². The fraction of sp³-hybridized carbons (Fsp3) is 0.308. The first kappa shape index (κ1) is 12.0. The average Bonchev–Trinajstić information content (AvgIpc) is 2.39. The predicted octanol–water partition coefficient (Wildman–Crippen LogP) is 1.85. The lowest BCUT2D eigenvalue weighted by molar-refractivity contribution is -0.117. The molecule has 0 saturated carbocycles. The lowest BCUT2D eigenvalue weighted by Crippen LogP contribution is -2.29. The Kier molecular flexibility index (Phi) is 3.68. The van der Waals surface area contributed by atoms with Crippen LogP contribution in [-0.2, 0) is 9.47 Å². The summed E-state index contributed by atoms with van der Waals surface area (Å²) in [4.78, 5) is 4.19. The van der Waals surface area contributed by atoms with Crippen LogP contribution in [0, 0.1) is 0 Å². The first-order valence-corrected chi connectivity index (χ1v) is 5.41. The van der Waals surface area contributed by atoms with E-state index in [1.54, 1.807) is 20.4 Å². The third-order valence-electron chi connectivity index (χ3n) is 2.82. The van der Waals surface area contributed by atoms with Crippen LogP contribution in [0.2, 0.25) is 0 Å². The standard InChI is InChI=1S/C13H16N2O2/c1-16-13(17-2)12(14)11-8-15-7-9-5-3-4-6-10(9)11/h3-8,12-13H,14H2,1-2H3. The molecule has 2 aromatic rings.